The van der Waals surface area contributed by atoms with Crippen molar-refractivity contribution in [3.05, 3.63) is 59.8 Å². The number of hydrogen-bond acceptors (Lipinski definition) is 4. The molecule has 4 N–H and O–H groups in total. The Labute approximate surface area is 148 Å². The summed E-state index contributed by atoms with van der Waals surface area (Å²) in [5.74, 6) is 0. The quantitative estimate of drug-likeness (QED) is 0.670. The van der Waals surface area contributed by atoms with Crippen LogP contribution in [0.15, 0.2) is 48.7 Å². The van der Waals surface area contributed by atoms with Gasteiger partial charge in [0.05, 0.1) is 11.7 Å². The van der Waals surface area contributed by atoms with Gasteiger partial charge in [0.2, 0.25) is 0 Å². The summed E-state index contributed by atoms with van der Waals surface area (Å²) in [7, 11) is 0. The van der Waals surface area contributed by atoms with Crippen molar-refractivity contribution < 1.29 is 0 Å². The minimum atomic E-state index is 0.487. The number of H-pyrrole nitrogens is 1. The minimum absolute atomic E-state index is 0.487. The third-order valence-electron chi connectivity index (χ3n) is 4.98. The van der Waals surface area contributed by atoms with Crippen LogP contribution in [0.5, 0.6) is 0 Å². The van der Waals surface area contributed by atoms with Gasteiger partial charge < -0.3 is 11.1 Å². The van der Waals surface area contributed by atoms with Crippen LogP contribution in [0.2, 0.25) is 0 Å². The van der Waals surface area contributed by atoms with E-state index < -0.39 is 0 Å². The summed E-state index contributed by atoms with van der Waals surface area (Å²) in [6, 6.07) is 15.5. The third kappa shape index (κ3) is 3.83. The van der Waals surface area contributed by atoms with E-state index in [1.165, 1.54) is 29.7 Å². The smallest absolute Gasteiger partial charge is 0.0651 e. The molecule has 130 valence electrons. The monoisotopic (exact) mass is 335 g/mol. The zero-order valence-electron chi connectivity index (χ0n) is 14.4. The Bertz CT molecular complexity index is 823. The first-order valence-corrected chi connectivity index (χ1v) is 9.00. The number of anilines is 1. The Balaban J connectivity index is 1.38. The van der Waals surface area contributed by atoms with Gasteiger partial charge in [-0.15, -0.1) is 0 Å². The number of piperidine rings is 1. The largest absolute Gasteiger partial charge is 0.381 e. The van der Waals surface area contributed by atoms with Crippen molar-refractivity contribution in [3.8, 4) is 0 Å². The molecule has 1 saturated heterocycles. The summed E-state index contributed by atoms with van der Waals surface area (Å²) in [6.45, 7) is 3.85. The number of hydrogen-bond donors (Lipinski definition) is 3. The van der Waals surface area contributed by atoms with Crippen molar-refractivity contribution >= 4 is 16.6 Å². The molecule has 4 rings (SSSR count). The number of nitrogens with one attached hydrogen (secondary N) is 2. The number of nitrogens with zero attached hydrogens (tertiary/aromatic N) is 2. The lowest BCUT2D eigenvalue weighted by molar-refractivity contribution is 0.208. The highest BCUT2D eigenvalue weighted by atomic mass is 15.2. The molecule has 0 radical (unpaired) electrons. The lowest BCUT2D eigenvalue weighted by atomic mass is 10.0. The van der Waals surface area contributed by atoms with E-state index in [9.17, 15) is 0 Å². The molecule has 2 heterocycles. The topological polar surface area (TPSA) is 70.0 Å². The predicted octanol–water partition coefficient (Wildman–Crippen LogP) is 3.10. The summed E-state index contributed by atoms with van der Waals surface area (Å²) >= 11 is 0. The van der Waals surface area contributed by atoms with Crippen LogP contribution in [-0.2, 0) is 13.1 Å². The molecular weight excluding hydrogens is 310 g/mol. The van der Waals surface area contributed by atoms with Gasteiger partial charge in [-0.25, -0.2) is 0 Å². The molecule has 1 aliphatic heterocycles. The summed E-state index contributed by atoms with van der Waals surface area (Å²) in [4.78, 5) is 2.54. The summed E-state index contributed by atoms with van der Waals surface area (Å²) in [6.07, 6.45) is 4.32. The van der Waals surface area contributed by atoms with Crippen molar-refractivity contribution in [1.82, 2.24) is 15.1 Å². The van der Waals surface area contributed by atoms with E-state index in [0.717, 1.165) is 30.5 Å². The number of benzene rings is 2. The van der Waals surface area contributed by atoms with Gasteiger partial charge in [0.15, 0.2) is 0 Å². The molecule has 0 aliphatic carbocycles. The Hall–Kier alpha value is -2.37. The lowest BCUT2D eigenvalue weighted by Gasteiger charge is -2.33. The van der Waals surface area contributed by atoms with E-state index in [2.05, 4.69) is 62.9 Å². The Morgan fingerprint density at radius 3 is 2.84 bits per heavy atom. The van der Waals surface area contributed by atoms with Crippen LogP contribution >= 0.6 is 0 Å². The summed E-state index contributed by atoms with van der Waals surface area (Å²) < 4.78 is 0. The zero-order chi connectivity index (χ0) is 17.1. The molecule has 0 unspecified atom stereocenters. The maximum absolute atomic E-state index is 5.68. The van der Waals surface area contributed by atoms with Gasteiger partial charge in [-0.3, -0.25) is 10.00 Å². The van der Waals surface area contributed by atoms with Crippen LogP contribution in [0, 0.1) is 0 Å². The van der Waals surface area contributed by atoms with Gasteiger partial charge in [-0.2, -0.15) is 5.10 Å². The fraction of sp³-hybridized carbons (Fsp3) is 0.350. The van der Waals surface area contributed by atoms with E-state index in [4.69, 9.17) is 5.73 Å². The lowest BCUT2D eigenvalue weighted by Crippen LogP contribution is -2.41. The second kappa shape index (κ2) is 7.25. The molecule has 1 aromatic heterocycles. The first-order valence-electron chi connectivity index (χ1n) is 9.00. The number of aromatic nitrogens is 2. The first-order chi connectivity index (χ1) is 12.3. The van der Waals surface area contributed by atoms with Gasteiger partial charge in [0.1, 0.15) is 0 Å². The number of rotatable bonds is 5. The van der Waals surface area contributed by atoms with Gasteiger partial charge >= 0.3 is 0 Å². The van der Waals surface area contributed by atoms with Crippen LogP contribution in [0.3, 0.4) is 0 Å². The molecule has 25 heavy (non-hydrogen) atoms. The molecule has 0 amide bonds. The van der Waals surface area contributed by atoms with Crippen molar-refractivity contribution in [1.29, 1.82) is 0 Å². The Morgan fingerprint density at radius 1 is 1.16 bits per heavy atom. The fourth-order valence-electron chi connectivity index (χ4n) is 3.62. The van der Waals surface area contributed by atoms with Gasteiger partial charge in [-0.05, 0) is 48.7 Å². The molecule has 1 aliphatic rings. The van der Waals surface area contributed by atoms with Gasteiger partial charge in [0.25, 0.3) is 0 Å². The maximum atomic E-state index is 5.68. The standard InChI is InChI=1S/C20H25N5/c21-11-15-3-5-16(6-4-15)13-25-9-1-2-19(14-25)23-18-7-8-20-17(10-18)12-22-24-20/h3-8,10,12,19,23H,1-2,9,11,13-14,21H2,(H,22,24)/t19-/m0/s1. The van der Waals surface area contributed by atoms with E-state index in [-0.39, 0.29) is 0 Å². The Morgan fingerprint density at radius 2 is 2.00 bits per heavy atom. The highest BCUT2D eigenvalue weighted by molar-refractivity contribution is 5.81. The van der Waals surface area contributed by atoms with E-state index >= 15 is 0 Å². The molecule has 3 aromatic rings. The second-order valence-electron chi connectivity index (χ2n) is 6.91. The molecule has 1 fully saturated rings. The summed E-state index contributed by atoms with van der Waals surface area (Å²) in [5, 5.41) is 11.9. The molecule has 2 aromatic carbocycles. The first kappa shape index (κ1) is 16.1. The molecular formula is C20H25N5. The molecule has 5 nitrogen and oxygen atoms in total. The molecule has 0 bridgehead atoms. The van der Waals surface area contributed by atoms with Gasteiger partial charge in [-0.1, -0.05) is 24.3 Å². The SMILES string of the molecule is NCc1ccc(CN2CCC[C@H](Nc3ccc4[nH]ncc4c3)C2)cc1. The average Bonchev–Trinajstić information content (AvgIpc) is 3.10. The number of aromatic amines is 1. The average molecular weight is 335 g/mol. The predicted molar refractivity (Wildman–Crippen MR) is 102 cm³/mol. The van der Waals surface area contributed by atoms with Crippen LogP contribution in [-0.4, -0.2) is 34.2 Å². The molecule has 0 saturated carbocycles. The Kier molecular flexibility index (Phi) is 4.68. The van der Waals surface area contributed by atoms with E-state index in [0.29, 0.717) is 12.6 Å². The van der Waals surface area contributed by atoms with Crippen molar-refractivity contribution in [3.63, 3.8) is 0 Å². The van der Waals surface area contributed by atoms with Crippen LogP contribution in [0.4, 0.5) is 5.69 Å². The van der Waals surface area contributed by atoms with Crippen LogP contribution < -0.4 is 11.1 Å². The van der Waals surface area contributed by atoms with Crippen LogP contribution in [0.1, 0.15) is 24.0 Å². The minimum Gasteiger partial charge on any atom is -0.381 e. The normalized spacial score (nSPS) is 18.5. The van der Waals surface area contributed by atoms with E-state index in [1.807, 2.05) is 6.20 Å². The van der Waals surface area contributed by atoms with Gasteiger partial charge in [0, 0.05) is 36.7 Å². The third-order valence-corrected chi connectivity index (χ3v) is 4.98. The highest BCUT2D eigenvalue weighted by Gasteiger charge is 2.20. The number of likely N-dealkylation sites (tertiary alicyclic amines) is 1. The fourth-order valence-corrected chi connectivity index (χ4v) is 3.62. The van der Waals surface area contributed by atoms with Crippen LogP contribution in [0.25, 0.3) is 10.9 Å². The number of fused-ring (bicyclic) bond motifs is 1. The van der Waals surface area contributed by atoms with Crippen molar-refractivity contribution in [2.24, 2.45) is 5.73 Å². The number of nitrogens with two attached hydrogens (primary N) is 1. The molecule has 5 heteroatoms. The van der Waals surface area contributed by atoms with E-state index in [1.54, 1.807) is 0 Å². The molecule has 0 spiro atoms. The van der Waals surface area contributed by atoms with Crippen molar-refractivity contribution in [2.45, 2.75) is 32.0 Å². The van der Waals surface area contributed by atoms with Crippen molar-refractivity contribution in [2.75, 3.05) is 18.4 Å². The highest BCUT2D eigenvalue weighted by Crippen LogP contribution is 2.21. The zero-order valence-corrected chi connectivity index (χ0v) is 14.4. The maximum Gasteiger partial charge on any atom is 0.0651 e. The summed E-state index contributed by atoms with van der Waals surface area (Å²) in [5.41, 5.74) is 10.5. The molecule has 1 atom stereocenters. The second-order valence-corrected chi connectivity index (χ2v) is 6.91.